The lowest BCUT2D eigenvalue weighted by Gasteiger charge is -2.28. The predicted octanol–water partition coefficient (Wildman–Crippen LogP) is 4.34. The topological polar surface area (TPSA) is 29.5 Å². The van der Waals surface area contributed by atoms with Crippen molar-refractivity contribution in [1.29, 1.82) is 0 Å². The Kier molecular flexibility index (Phi) is 4.08. The van der Waals surface area contributed by atoms with Gasteiger partial charge in [0.1, 0.15) is 12.4 Å². The van der Waals surface area contributed by atoms with Crippen molar-refractivity contribution in [3.8, 4) is 5.75 Å². The highest BCUT2D eigenvalue weighted by Gasteiger charge is 2.22. The quantitative estimate of drug-likeness (QED) is 0.771. The normalized spacial score (nSPS) is 19.1. The smallest absolute Gasteiger partial charge is 0.196 e. The summed E-state index contributed by atoms with van der Waals surface area (Å²) in [6, 6.07) is 15.9. The van der Waals surface area contributed by atoms with Gasteiger partial charge in [-0.15, -0.1) is 0 Å². The standard InChI is InChI=1S/C21H21NO2/c23-21-17(15-24-20-7-3-2-6-19(20)21)14-16-8-10-18(11-9-16)22-12-4-1-5-13-22/h2-3,6-11,14H,1,4-5,12-13,15H2/b17-14+. The Morgan fingerprint density at radius 3 is 2.46 bits per heavy atom. The van der Waals surface area contributed by atoms with Crippen LogP contribution in [0, 0.1) is 0 Å². The lowest BCUT2D eigenvalue weighted by molar-refractivity contribution is 0.100. The summed E-state index contributed by atoms with van der Waals surface area (Å²) in [6.07, 6.45) is 5.83. The van der Waals surface area contributed by atoms with E-state index in [0.29, 0.717) is 23.5 Å². The van der Waals surface area contributed by atoms with Crippen LogP contribution in [-0.4, -0.2) is 25.5 Å². The number of piperidine rings is 1. The first-order chi connectivity index (χ1) is 11.8. The number of Topliss-reactive ketones (excluding diaryl/α,β-unsaturated/α-hetero) is 1. The molecule has 3 heteroatoms. The molecule has 24 heavy (non-hydrogen) atoms. The van der Waals surface area contributed by atoms with Gasteiger partial charge in [0.05, 0.1) is 5.56 Å². The number of hydrogen-bond acceptors (Lipinski definition) is 3. The number of nitrogens with zero attached hydrogens (tertiary/aromatic N) is 1. The number of hydrogen-bond donors (Lipinski definition) is 0. The molecule has 2 aromatic carbocycles. The summed E-state index contributed by atoms with van der Waals surface area (Å²) in [5.74, 6) is 0.747. The van der Waals surface area contributed by atoms with Crippen molar-refractivity contribution in [1.82, 2.24) is 0 Å². The molecule has 2 heterocycles. The highest BCUT2D eigenvalue weighted by Crippen LogP contribution is 2.28. The molecule has 0 unspecified atom stereocenters. The molecule has 0 N–H and O–H groups in total. The van der Waals surface area contributed by atoms with Gasteiger partial charge in [-0.05, 0) is 55.2 Å². The Labute approximate surface area is 142 Å². The summed E-state index contributed by atoms with van der Waals surface area (Å²) in [5.41, 5.74) is 3.68. The number of rotatable bonds is 2. The van der Waals surface area contributed by atoms with Crippen LogP contribution in [0.1, 0.15) is 35.2 Å². The van der Waals surface area contributed by atoms with Crippen LogP contribution >= 0.6 is 0 Å². The van der Waals surface area contributed by atoms with Crippen LogP contribution in [0.2, 0.25) is 0 Å². The minimum atomic E-state index is 0.0666. The Balaban J connectivity index is 1.54. The summed E-state index contributed by atoms with van der Waals surface area (Å²) in [7, 11) is 0. The molecule has 0 saturated carbocycles. The molecule has 1 saturated heterocycles. The number of fused-ring (bicyclic) bond motifs is 1. The molecular formula is C21H21NO2. The van der Waals surface area contributed by atoms with Crippen LogP contribution in [0.3, 0.4) is 0 Å². The van der Waals surface area contributed by atoms with E-state index in [-0.39, 0.29) is 5.78 Å². The van der Waals surface area contributed by atoms with Gasteiger partial charge in [0.2, 0.25) is 0 Å². The van der Waals surface area contributed by atoms with Crippen molar-refractivity contribution in [2.75, 3.05) is 24.6 Å². The van der Waals surface area contributed by atoms with Crippen LogP contribution in [-0.2, 0) is 0 Å². The number of anilines is 1. The van der Waals surface area contributed by atoms with E-state index < -0.39 is 0 Å². The largest absolute Gasteiger partial charge is 0.488 e. The van der Waals surface area contributed by atoms with Gasteiger partial charge >= 0.3 is 0 Å². The lowest BCUT2D eigenvalue weighted by atomic mass is 9.98. The fourth-order valence-corrected chi connectivity index (χ4v) is 3.42. The summed E-state index contributed by atoms with van der Waals surface area (Å²) in [6.45, 7) is 2.62. The second kappa shape index (κ2) is 6.52. The second-order valence-corrected chi connectivity index (χ2v) is 6.42. The predicted molar refractivity (Wildman–Crippen MR) is 96.8 cm³/mol. The van der Waals surface area contributed by atoms with Crippen molar-refractivity contribution >= 4 is 17.5 Å². The number of para-hydroxylation sites is 1. The molecule has 0 aromatic heterocycles. The Morgan fingerprint density at radius 2 is 1.67 bits per heavy atom. The van der Waals surface area contributed by atoms with Crippen molar-refractivity contribution < 1.29 is 9.53 Å². The maximum Gasteiger partial charge on any atom is 0.196 e. The third kappa shape index (κ3) is 2.94. The molecule has 0 aliphatic carbocycles. The average molecular weight is 319 g/mol. The minimum absolute atomic E-state index is 0.0666. The highest BCUT2D eigenvalue weighted by molar-refractivity contribution is 6.14. The molecule has 4 rings (SSSR count). The summed E-state index contributed by atoms with van der Waals surface area (Å²) >= 11 is 0. The monoisotopic (exact) mass is 319 g/mol. The van der Waals surface area contributed by atoms with E-state index in [9.17, 15) is 4.79 Å². The van der Waals surface area contributed by atoms with Gasteiger partial charge in [0.25, 0.3) is 0 Å². The van der Waals surface area contributed by atoms with Crippen molar-refractivity contribution in [2.24, 2.45) is 0 Å². The highest BCUT2D eigenvalue weighted by atomic mass is 16.5. The fraction of sp³-hybridized carbons (Fsp3) is 0.286. The molecular weight excluding hydrogens is 298 g/mol. The molecule has 0 bridgehead atoms. The van der Waals surface area contributed by atoms with Crippen LogP contribution in [0.5, 0.6) is 5.75 Å². The van der Waals surface area contributed by atoms with Gasteiger partial charge in [0, 0.05) is 24.4 Å². The molecule has 3 nitrogen and oxygen atoms in total. The van der Waals surface area contributed by atoms with Crippen molar-refractivity contribution in [3.05, 3.63) is 65.2 Å². The Bertz CT molecular complexity index is 771. The zero-order valence-electron chi connectivity index (χ0n) is 13.7. The fourth-order valence-electron chi connectivity index (χ4n) is 3.42. The van der Waals surface area contributed by atoms with E-state index in [4.69, 9.17) is 4.74 Å². The first-order valence-electron chi connectivity index (χ1n) is 8.63. The Morgan fingerprint density at radius 1 is 0.917 bits per heavy atom. The van der Waals surface area contributed by atoms with Gasteiger partial charge in [0.15, 0.2) is 5.78 Å². The molecule has 0 atom stereocenters. The zero-order chi connectivity index (χ0) is 16.4. The van der Waals surface area contributed by atoms with E-state index in [1.165, 1.54) is 24.9 Å². The maximum absolute atomic E-state index is 12.6. The first-order valence-corrected chi connectivity index (χ1v) is 8.63. The van der Waals surface area contributed by atoms with E-state index in [1.54, 1.807) is 0 Å². The molecule has 2 aliphatic heterocycles. The van der Waals surface area contributed by atoms with E-state index in [0.717, 1.165) is 18.7 Å². The van der Waals surface area contributed by atoms with Gasteiger partial charge in [-0.25, -0.2) is 0 Å². The summed E-state index contributed by atoms with van der Waals surface area (Å²) in [5, 5.41) is 0. The van der Waals surface area contributed by atoms with Crippen LogP contribution in [0.15, 0.2) is 54.1 Å². The molecule has 0 spiro atoms. The van der Waals surface area contributed by atoms with Crippen molar-refractivity contribution in [3.63, 3.8) is 0 Å². The van der Waals surface area contributed by atoms with Gasteiger partial charge in [-0.3, -0.25) is 4.79 Å². The number of benzene rings is 2. The molecule has 2 aliphatic rings. The van der Waals surface area contributed by atoms with Crippen LogP contribution < -0.4 is 9.64 Å². The summed E-state index contributed by atoms with van der Waals surface area (Å²) in [4.78, 5) is 15.0. The SMILES string of the molecule is O=C1/C(=C/c2ccc(N3CCCCC3)cc2)COc2ccccc21. The third-order valence-corrected chi connectivity index (χ3v) is 4.76. The molecule has 122 valence electrons. The minimum Gasteiger partial charge on any atom is -0.488 e. The number of carbonyl (C=O) groups excluding carboxylic acids is 1. The first kappa shape index (κ1) is 15.0. The van der Waals surface area contributed by atoms with E-state index in [1.807, 2.05) is 30.3 Å². The van der Waals surface area contributed by atoms with E-state index >= 15 is 0 Å². The summed E-state index contributed by atoms with van der Waals surface area (Å²) < 4.78 is 5.70. The van der Waals surface area contributed by atoms with E-state index in [2.05, 4.69) is 29.2 Å². The van der Waals surface area contributed by atoms with Crippen molar-refractivity contribution in [2.45, 2.75) is 19.3 Å². The second-order valence-electron chi connectivity index (χ2n) is 6.42. The lowest BCUT2D eigenvalue weighted by Crippen LogP contribution is -2.29. The molecule has 0 radical (unpaired) electrons. The molecule has 2 aromatic rings. The number of ketones is 1. The van der Waals surface area contributed by atoms with Gasteiger partial charge in [-0.1, -0.05) is 24.3 Å². The maximum atomic E-state index is 12.6. The zero-order valence-corrected chi connectivity index (χ0v) is 13.7. The molecule has 0 amide bonds. The average Bonchev–Trinajstić information content (AvgIpc) is 2.66. The van der Waals surface area contributed by atoms with Crippen LogP contribution in [0.4, 0.5) is 5.69 Å². The van der Waals surface area contributed by atoms with Gasteiger partial charge in [-0.2, -0.15) is 0 Å². The third-order valence-electron chi connectivity index (χ3n) is 4.76. The van der Waals surface area contributed by atoms with Gasteiger partial charge < -0.3 is 9.64 Å². The van der Waals surface area contributed by atoms with Crippen LogP contribution in [0.25, 0.3) is 6.08 Å². The molecule has 1 fully saturated rings. The number of carbonyl (C=O) groups is 1. The number of ether oxygens (including phenoxy) is 1. The Hall–Kier alpha value is -2.55.